The molecule has 146 valence electrons. The third-order valence-corrected chi connectivity index (χ3v) is 4.21. The largest absolute Gasteiger partial charge is 0.394 e. The molecule has 8 heteroatoms. The Balaban J connectivity index is 2.00. The van der Waals surface area contributed by atoms with Crippen LogP contribution in [0.15, 0.2) is 48.8 Å². The molecule has 0 aliphatic rings. The summed E-state index contributed by atoms with van der Waals surface area (Å²) in [5.41, 5.74) is 1.25. The number of pyridine rings is 1. The van der Waals surface area contributed by atoms with E-state index in [9.17, 15) is 13.9 Å². The molecular formula is C20H21F2N5O. The minimum Gasteiger partial charge on any atom is -0.394 e. The Morgan fingerprint density at radius 3 is 2.61 bits per heavy atom. The number of aliphatic hydroxyl groups excluding tert-OH is 1. The number of nitrogens with zero attached hydrogens (tertiary/aromatic N) is 3. The van der Waals surface area contributed by atoms with E-state index in [0.717, 1.165) is 11.6 Å². The van der Waals surface area contributed by atoms with Crippen molar-refractivity contribution in [3.8, 4) is 11.3 Å². The SMILES string of the molecule is CC(C)[C@H](CO)Nc1nc(Nc2cccc(F)c2F)cc(-c2cccnc2)n1. The van der Waals surface area contributed by atoms with Gasteiger partial charge in [0.05, 0.1) is 24.0 Å². The summed E-state index contributed by atoms with van der Waals surface area (Å²) in [6.45, 7) is 3.82. The Morgan fingerprint density at radius 1 is 1.11 bits per heavy atom. The zero-order valence-electron chi connectivity index (χ0n) is 15.5. The maximum Gasteiger partial charge on any atom is 0.225 e. The minimum absolute atomic E-state index is 0.0376. The molecule has 2 heterocycles. The van der Waals surface area contributed by atoms with Gasteiger partial charge >= 0.3 is 0 Å². The Morgan fingerprint density at radius 2 is 1.93 bits per heavy atom. The lowest BCUT2D eigenvalue weighted by molar-refractivity contribution is 0.248. The second-order valence-corrected chi connectivity index (χ2v) is 6.61. The van der Waals surface area contributed by atoms with Crippen LogP contribution < -0.4 is 10.6 Å². The standard InChI is InChI=1S/C20H21F2N5O/c1-12(2)17(11-28)26-20-25-16(13-5-4-8-23-10-13)9-18(27-20)24-15-7-3-6-14(21)19(15)22/h3-10,12,17,28H,11H2,1-2H3,(H2,24,25,26,27)/t17-/m0/s1. The topological polar surface area (TPSA) is 83.0 Å². The normalized spacial score (nSPS) is 12.1. The average molecular weight is 385 g/mol. The molecule has 0 aliphatic carbocycles. The molecule has 0 amide bonds. The third kappa shape index (κ3) is 4.58. The lowest BCUT2D eigenvalue weighted by Gasteiger charge is -2.20. The number of hydrogen-bond donors (Lipinski definition) is 3. The summed E-state index contributed by atoms with van der Waals surface area (Å²) >= 11 is 0. The molecule has 0 fully saturated rings. The van der Waals surface area contributed by atoms with E-state index in [-0.39, 0.29) is 36.0 Å². The van der Waals surface area contributed by atoms with Crippen molar-refractivity contribution < 1.29 is 13.9 Å². The average Bonchev–Trinajstić information content (AvgIpc) is 2.70. The molecule has 3 aromatic rings. The van der Waals surface area contributed by atoms with Gasteiger partial charge in [-0.05, 0) is 30.2 Å². The van der Waals surface area contributed by atoms with Crippen molar-refractivity contribution in [2.45, 2.75) is 19.9 Å². The second kappa shape index (κ2) is 8.71. The van der Waals surface area contributed by atoms with Gasteiger partial charge in [0.2, 0.25) is 5.95 Å². The zero-order chi connectivity index (χ0) is 20.1. The number of aliphatic hydroxyl groups is 1. The lowest BCUT2D eigenvalue weighted by atomic mass is 10.1. The summed E-state index contributed by atoms with van der Waals surface area (Å²) in [5, 5.41) is 15.5. The van der Waals surface area contributed by atoms with E-state index < -0.39 is 11.6 Å². The summed E-state index contributed by atoms with van der Waals surface area (Å²) < 4.78 is 27.6. The fourth-order valence-electron chi connectivity index (χ4n) is 2.57. The smallest absolute Gasteiger partial charge is 0.225 e. The van der Waals surface area contributed by atoms with Crippen LogP contribution in [0, 0.1) is 17.6 Å². The summed E-state index contributed by atoms with van der Waals surface area (Å²) in [6, 6.07) is 8.83. The molecular weight excluding hydrogens is 364 g/mol. The van der Waals surface area contributed by atoms with E-state index in [4.69, 9.17) is 0 Å². The quantitative estimate of drug-likeness (QED) is 0.570. The van der Waals surface area contributed by atoms with Crippen molar-refractivity contribution >= 4 is 17.5 Å². The molecule has 28 heavy (non-hydrogen) atoms. The van der Waals surface area contributed by atoms with Crippen LogP contribution in [0.4, 0.5) is 26.2 Å². The Labute approximate surface area is 161 Å². The highest BCUT2D eigenvalue weighted by Crippen LogP contribution is 2.25. The van der Waals surface area contributed by atoms with E-state index in [0.29, 0.717) is 5.69 Å². The van der Waals surface area contributed by atoms with Crippen LogP contribution in [0.3, 0.4) is 0 Å². The van der Waals surface area contributed by atoms with Crippen LogP contribution in [0.2, 0.25) is 0 Å². The molecule has 0 spiro atoms. The minimum atomic E-state index is -0.992. The summed E-state index contributed by atoms with van der Waals surface area (Å²) in [7, 11) is 0. The Bertz CT molecular complexity index is 937. The number of hydrogen-bond acceptors (Lipinski definition) is 6. The highest BCUT2D eigenvalue weighted by Gasteiger charge is 2.16. The Kier molecular flexibility index (Phi) is 6.10. The van der Waals surface area contributed by atoms with Gasteiger partial charge in [0.25, 0.3) is 0 Å². The van der Waals surface area contributed by atoms with Gasteiger partial charge in [0.1, 0.15) is 5.82 Å². The van der Waals surface area contributed by atoms with Crippen LogP contribution in [0.1, 0.15) is 13.8 Å². The molecule has 2 aromatic heterocycles. The van der Waals surface area contributed by atoms with E-state index in [2.05, 4.69) is 25.6 Å². The van der Waals surface area contributed by atoms with Crippen molar-refractivity contribution in [1.29, 1.82) is 0 Å². The van der Waals surface area contributed by atoms with Crippen molar-refractivity contribution in [3.63, 3.8) is 0 Å². The first-order valence-electron chi connectivity index (χ1n) is 8.86. The first-order valence-corrected chi connectivity index (χ1v) is 8.86. The van der Waals surface area contributed by atoms with Gasteiger partial charge in [-0.3, -0.25) is 4.98 Å². The van der Waals surface area contributed by atoms with Gasteiger partial charge in [-0.1, -0.05) is 19.9 Å². The second-order valence-electron chi connectivity index (χ2n) is 6.61. The molecule has 0 aliphatic heterocycles. The maximum atomic E-state index is 14.0. The van der Waals surface area contributed by atoms with E-state index in [1.807, 2.05) is 19.9 Å². The van der Waals surface area contributed by atoms with Crippen LogP contribution in [-0.4, -0.2) is 32.7 Å². The van der Waals surface area contributed by atoms with Crippen LogP contribution in [0.5, 0.6) is 0 Å². The monoisotopic (exact) mass is 385 g/mol. The number of halogens is 2. The molecule has 1 atom stereocenters. The summed E-state index contributed by atoms with van der Waals surface area (Å²) in [5.74, 6) is -1.28. The molecule has 0 radical (unpaired) electrons. The molecule has 0 unspecified atom stereocenters. The predicted octanol–water partition coefficient (Wildman–Crippen LogP) is 3.99. The van der Waals surface area contributed by atoms with Crippen LogP contribution >= 0.6 is 0 Å². The maximum absolute atomic E-state index is 14.0. The van der Waals surface area contributed by atoms with Crippen molar-refractivity contribution in [3.05, 3.63) is 60.4 Å². The molecule has 3 rings (SSSR count). The first kappa shape index (κ1) is 19.6. The number of anilines is 3. The highest BCUT2D eigenvalue weighted by atomic mass is 19.2. The lowest BCUT2D eigenvalue weighted by Crippen LogP contribution is -2.30. The highest BCUT2D eigenvalue weighted by molar-refractivity contribution is 5.67. The Hall–Kier alpha value is -3.13. The first-order chi connectivity index (χ1) is 13.5. The van der Waals surface area contributed by atoms with Crippen molar-refractivity contribution in [2.24, 2.45) is 5.92 Å². The molecule has 0 saturated heterocycles. The van der Waals surface area contributed by atoms with Gasteiger partial charge in [-0.15, -0.1) is 0 Å². The number of rotatable bonds is 7. The van der Waals surface area contributed by atoms with E-state index in [1.54, 1.807) is 24.5 Å². The molecule has 6 nitrogen and oxygen atoms in total. The van der Waals surface area contributed by atoms with E-state index >= 15 is 0 Å². The fourth-order valence-corrected chi connectivity index (χ4v) is 2.57. The predicted molar refractivity (Wildman–Crippen MR) is 104 cm³/mol. The van der Waals surface area contributed by atoms with E-state index in [1.165, 1.54) is 12.1 Å². The zero-order valence-corrected chi connectivity index (χ0v) is 15.5. The number of aromatic nitrogens is 3. The molecule has 0 bridgehead atoms. The van der Waals surface area contributed by atoms with Crippen molar-refractivity contribution in [1.82, 2.24) is 15.0 Å². The number of nitrogens with one attached hydrogen (secondary N) is 2. The molecule has 3 N–H and O–H groups in total. The van der Waals surface area contributed by atoms with Gasteiger partial charge < -0.3 is 15.7 Å². The summed E-state index contributed by atoms with van der Waals surface area (Å²) in [6.07, 6.45) is 3.29. The molecule has 1 aromatic carbocycles. The third-order valence-electron chi connectivity index (χ3n) is 4.21. The van der Waals surface area contributed by atoms with Gasteiger partial charge in [0.15, 0.2) is 11.6 Å². The van der Waals surface area contributed by atoms with Gasteiger partial charge in [-0.25, -0.2) is 13.8 Å². The van der Waals surface area contributed by atoms with Gasteiger partial charge in [-0.2, -0.15) is 4.98 Å². The number of benzene rings is 1. The van der Waals surface area contributed by atoms with Crippen LogP contribution in [-0.2, 0) is 0 Å². The van der Waals surface area contributed by atoms with Gasteiger partial charge in [0, 0.05) is 24.0 Å². The van der Waals surface area contributed by atoms with Crippen molar-refractivity contribution in [2.75, 3.05) is 17.2 Å². The summed E-state index contributed by atoms with van der Waals surface area (Å²) in [4.78, 5) is 12.9. The fraction of sp³-hybridized carbons (Fsp3) is 0.250. The molecule has 0 saturated carbocycles. The van der Waals surface area contributed by atoms with Crippen LogP contribution in [0.25, 0.3) is 11.3 Å².